The van der Waals surface area contributed by atoms with Crippen molar-refractivity contribution in [1.29, 1.82) is 0 Å². The van der Waals surface area contributed by atoms with E-state index in [0.29, 0.717) is 17.1 Å². The monoisotopic (exact) mass is 356 g/mol. The molecule has 1 saturated heterocycles. The number of para-hydroxylation sites is 2. The predicted octanol–water partition coefficient (Wildman–Crippen LogP) is 1.72. The molecule has 7 nitrogen and oxygen atoms in total. The second kappa shape index (κ2) is 7.53. The van der Waals surface area contributed by atoms with Crippen molar-refractivity contribution in [3.63, 3.8) is 0 Å². The van der Waals surface area contributed by atoms with Gasteiger partial charge in [-0.15, -0.1) is 0 Å². The molecular weight excluding hydrogens is 336 g/mol. The van der Waals surface area contributed by atoms with Crippen LogP contribution in [0.1, 0.15) is 18.7 Å². The van der Waals surface area contributed by atoms with Gasteiger partial charge in [0.25, 0.3) is 5.91 Å². The Morgan fingerprint density at radius 2 is 1.96 bits per heavy atom. The van der Waals surface area contributed by atoms with Crippen LogP contribution in [0.2, 0.25) is 0 Å². The van der Waals surface area contributed by atoms with E-state index in [0.717, 1.165) is 0 Å². The maximum atomic E-state index is 12.9. The van der Waals surface area contributed by atoms with Crippen LogP contribution in [0, 0.1) is 5.92 Å². The fourth-order valence-electron chi connectivity index (χ4n) is 3.23. The molecule has 3 unspecified atom stereocenters. The summed E-state index contributed by atoms with van der Waals surface area (Å²) in [5.74, 6) is -1.86. The Morgan fingerprint density at radius 3 is 2.62 bits per heavy atom. The highest BCUT2D eigenvalue weighted by molar-refractivity contribution is 6.04. The standard InChI is InChI=1S/C19H20N2O5/c1-3-26-19(24)15-16(12-8-6-7-11-20-12)21(18(23)17(15)22)13-9-4-5-10-14(13)25-2/h4-11,15-17,22H,3H2,1-2H3. The Hall–Kier alpha value is -2.93. The van der Waals surface area contributed by atoms with Gasteiger partial charge in [-0.3, -0.25) is 19.5 Å². The van der Waals surface area contributed by atoms with Gasteiger partial charge in [-0.25, -0.2) is 0 Å². The van der Waals surface area contributed by atoms with Gasteiger partial charge in [0.15, 0.2) is 0 Å². The SMILES string of the molecule is CCOC(=O)C1C(O)C(=O)N(c2ccccc2OC)C1c1ccccn1. The predicted molar refractivity (Wildman–Crippen MR) is 93.6 cm³/mol. The number of esters is 1. The number of pyridine rings is 1. The van der Waals surface area contributed by atoms with Gasteiger partial charge in [-0.05, 0) is 31.2 Å². The lowest BCUT2D eigenvalue weighted by molar-refractivity contribution is -0.153. The summed E-state index contributed by atoms with van der Waals surface area (Å²) in [5.41, 5.74) is 0.947. The average Bonchev–Trinajstić information content (AvgIpc) is 2.94. The summed E-state index contributed by atoms with van der Waals surface area (Å²) in [6.45, 7) is 1.83. The minimum atomic E-state index is -1.52. The number of benzene rings is 1. The molecule has 0 saturated carbocycles. The molecule has 1 amide bonds. The van der Waals surface area contributed by atoms with E-state index in [2.05, 4.69) is 4.98 Å². The van der Waals surface area contributed by atoms with Crippen molar-refractivity contribution < 1.29 is 24.2 Å². The van der Waals surface area contributed by atoms with Gasteiger partial charge in [0.05, 0.1) is 31.1 Å². The van der Waals surface area contributed by atoms with Crippen LogP contribution < -0.4 is 9.64 Å². The van der Waals surface area contributed by atoms with Crippen LogP contribution >= 0.6 is 0 Å². The van der Waals surface area contributed by atoms with Crippen molar-refractivity contribution in [2.75, 3.05) is 18.6 Å². The summed E-state index contributed by atoms with van der Waals surface area (Å²) in [6.07, 6.45) is 0.0543. The van der Waals surface area contributed by atoms with E-state index < -0.39 is 29.9 Å². The zero-order valence-electron chi connectivity index (χ0n) is 14.5. The van der Waals surface area contributed by atoms with E-state index in [4.69, 9.17) is 9.47 Å². The third-order valence-electron chi connectivity index (χ3n) is 4.34. The van der Waals surface area contributed by atoms with Crippen molar-refractivity contribution in [2.24, 2.45) is 5.92 Å². The van der Waals surface area contributed by atoms with Gasteiger partial charge in [0, 0.05) is 6.20 Å². The van der Waals surface area contributed by atoms with Crippen LogP contribution in [0.3, 0.4) is 0 Å². The molecule has 1 fully saturated rings. The number of aliphatic hydroxyl groups excluding tert-OH is 1. The third kappa shape index (κ3) is 3.01. The van der Waals surface area contributed by atoms with Crippen LogP contribution in [0.25, 0.3) is 0 Å². The number of methoxy groups -OCH3 is 1. The molecule has 2 aromatic rings. The highest BCUT2D eigenvalue weighted by Crippen LogP contribution is 2.44. The van der Waals surface area contributed by atoms with Gasteiger partial charge in [-0.2, -0.15) is 0 Å². The smallest absolute Gasteiger partial charge is 0.314 e. The lowest BCUT2D eigenvalue weighted by atomic mass is 9.95. The molecule has 0 bridgehead atoms. The minimum absolute atomic E-state index is 0.153. The number of carbonyl (C=O) groups is 2. The molecule has 1 aliphatic heterocycles. The van der Waals surface area contributed by atoms with Crippen LogP contribution in [0.4, 0.5) is 5.69 Å². The molecule has 3 rings (SSSR count). The minimum Gasteiger partial charge on any atom is -0.495 e. The van der Waals surface area contributed by atoms with Crippen molar-refractivity contribution in [1.82, 2.24) is 4.98 Å². The second-order valence-corrected chi connectivity index (χ2v) is 5.80. The van der Waals surface area contributed by atoms with Gasteiger partial charge in [-0.1, -0.05) is 18.2 Å². The van der Waals surface area contributed by atoms with Crippen molar-refractivity contribution >= 4 is 17.6 Å². The first-order chi connectivity index (χ1) is 12.6. The molecule has 0 aliphatic carbocycles. The van der Waals surface area contributed by atoms with Gasteiger partial charge < -0.3 is 14.6 Å². The number of hydrogen-bond acceptors (Lipinski definition) is 6. The van der Waals surface area contributed by atoms with Crippen LogP contribution in [0.5, 0.6) is 5.75 Å². The lowest BCUT2D eigenvalue weighted by Gasteiger charge is -2.27. The van der Waals surface area contributed by atoms with Crippen LogP contribution in [-0.4, -0.2) is 41.8 Å². The molecule has 1 N–H and O–H groups in total. The highest BCUT2D eigenvalue weighted by Gasteiger charge is 2.54. The molecule has 1 aliphatic rings. The number of rotatable bonds is 5. The Bertz CT molecular complexity index is 796. The first-order valence-corrected chi connectivity index (χ1v) is 8.31. The van der Waals surface area contributed by atoms with Gasteiger partial charge in [0.1, 0.15) is 17.8 Å². The van der Waals surface area contributed by atoms with Crippen molar-refractivity contribution in [3.05, 3.63) is 54.4 Å². The molecular formula is C19H20N2O5. The fourth-order valence-corrected chi connectivity index (χ4v) is 3.23. The maximum absolute atomic E-state index is 12.9. The second-order valence-electron chi connectivity index (χ2n) is 5.80. The van der Waals surface area contributed by atoms with Crippen molar-refractivity contribution in [2.45, 2.75) is 19.1 Å². The number of carbonyl (C=O) groups excluding carboxylic acids is 2. The number of ether oxygens (including phenoxy) is 2. The van der Waals surface area contributed by atoms with E-state index in [9.17, 15) is 14.7 Å². The van der Waals surface area contributed by atoms with Crippen LogP contribution in [-0.2, 0) is 14.3 Å². The van der Waals surface area contributed by atoms with Gasteiger partial charge in [0.2, 0.25) is 0 Å². The molecule has 1 aromatic heterocycles. The summed E-state index contributed by atoms with van der Waals surface area (Å²) in [7, 11) is 1.49. The summed E-state index contributed by atoms with van der Waals surface area (Å²) >= 11 is 0. The number of anilines is 1. The quantitative estimate of drug-likeness (QED) is 0.821. The number of nitrogens with zero attached hydrogens (tertiary/aromatic N) is 2. The van der Waals surface area contributed by atoms with E-state index in [-0.39, 0.29) is 6.61 Å². The molecule has 7 heteroatoms. The Kier molecular flexibility index (Phi) is 5.18. The zero-order chi connectivity index (χ0) is 18.7. The Morgan fingerprint density at radius 1 is 1.23 bits per heavy atom. The molecule has 136 valence electrons. The van der Waals surface area contributed by atoms with E-state index in [1.165, 1.54) is 12.0 Å². The molecule has 3 atom stereocenters. The zero-order valence-corrected chi connectivity index (χ0v) is 14.5. The van der Waals surface area contributed by atoms with Crippen LogP contribution in [0.15, 0.2) is 48.7 Å². The molecule has 26 heavy (non-hydrogen) atoms. The Balaban J connectivity index is 2.15. The van der Waals surface area contributed by atoms with E-state index in [1.807, 2.05) is 0 Å². The third-order valence-corrected chi connectivity index (χ3v) is 4.34. The number of aliphatic hydroxyl groups is 1. The van der Waals surface area contributed by atoms with Crippen molar-refractivity contribution in [3.8, 4) is 5.75 Å². The average molecular weight is 356 g/mol. The molecule has 2 heterocycles. The first kappa shape index (κ1) is 17.9. The topological polar surface area (TPSA) is 89.0 Å². The highest BCUT2D eigenvalue weighted by atomic mass is 16.5. The summed E-state index contributed by atoms with van der Waals surface area (Å²) in [6, 6.07) is 11.4. The summed E-state index contributed by atoms with van der Waals surface area (Å²) < 4.78 is 10.5. The fraction of sp³-hybridized carbons (Fsp3) is 0.316. The summed E-state index contributed by atoms with van der Waals surface area (Å²) in [5, 5.41) is 10.5. The first-order valence-electron chi connectivity index (χ1n) is 8.31. The number of aromatic nitrogens is 1. The Labute approximate surface area is 151 Å². The largest absolute Gasteiger partial charge is 0.495 e. The molecule has 0 radical (unpaired) electrons. The van der Waals surface area contributed by atoms with E-state index >= 15 is 0 Å². The number of hydrogen-bond donors (Lipinski definition) is 1. The molecule has 0 spiro atoms. The summed E-state index contributed by atoms with van der Waals surface area (Å²) in [4.78, 5) is 31.0. The van der Waals surface area contributed by atoms with Gasteiger partial charge >= 0.3 is 5.97 Å². The molecule has 1 aromatic carbocycles. The normalized spacial score (nSPS) is 22.3. The van der Waals surface area contributed by atoms with E-state index in [1.54, 1.807) is 55.6 Å². The maximum Gasteiger partial charge on any atom is 0.314 e. The lowest BCUT2D eigenvalue weighted by Crippen LogP contribution is -2.32. The number of amides is 1.